The van der Waals surface area contributed by atoms with Crippen LogP contribution >= 0.6 is 11.6 Å². The average Bonchev–Trinajstić information content (AvgIpc) is 2.01. The number of hydrogen-bond acceptors (Lipinski definition) is 1. The molecule has 60 valence electrons. The minimum Gasteiger partial charge on any atom is -0.259 e. The third-order valence-corrected chi connectivity index (χ3v) is 2.42. The number of nitrogens with zero attached hydrogens (tertiary/aromatic N) is 1. The molecule has 0 saturated carbocycles. The fraction of sp³-hybridized carbons (Fsp3) is 0.444. The van der Waals surface area contributed by atoms with Gasteiger partial charge in [0.05, 0.1) is 10.7 Å². The quantitative estimate of drug-likeness (QED) is 0.630. The third-order valence-electron chi connectivity index (χ3n) is 1.92. The molecule has 0 bridgehead atoms. The zero-order valence-corrected chi connectivity index (χ0v) is 7.87. The van der Waals surface area contributed by atoms with Gasteiger partial charge >= 0.3 is 0 Å². The molecular weight excluding hydrogens is 158 g/mol. The average molecular weight is 170 g/mol. The zero-order valence-electron chi connectivity index (χ0n) is 7.11. The molecule has 0 aliphatic heterocycles. The lowest BCUT2D eigenvalue weighted by atomic mass is 10.1. The Kier molecular flexibility index (Phi) is 2.50. The van der Waals surface area contributed by atoms with E-state index in [2.05, 4.69) is 11.9 Å². The van der Waals surface area contributed by atoms with Crippen LogP contribution in [0.15, 0.2) is 6.20 Å². The Morgan fingerprint density at radius 3 is 2.64 bits per heavy atom. The first-order valence-corrected chi connectivity index (χ1v) is 4.15. The van der Waals surface area contributed by atoms with Crippen LogP contribution in [0.3, 0.4) is 0 Å². The number of hydrogen-bond donors (Lipinski definition) is 0. The predicted molar refractivity (Wildman–Crippen MR) is 48.1 cm³/mol. The number of pyridine rings is 1. The van der Waals surface area contributed by atoms with Crippen molar-refractivity contribution in [1.29, 1.82) is 0 Å². The first-order chi connectivity index (χ1) is 5.16. The third kappa shape index (κ3) is 1.54. The summed E-state index contributed by atoms with van der Waals surface area (Å²) in [5, 5.41) is 0.826. The summed E-state index contributed by atoms with van der Waals surface area (Å²) in [4.78, 5) is 4.23. The molecule has 1 rings (SSSR count). The summed E-state index contributed by atoms with van der Waals surface area (Å²) >= 11 is 6.04. The molecular formula is C9H12ClN. The van der Waals surface area contributed by atoms with E-state index in [0.29, 0.717) is 0 Å². The predicted octanol–water partition coefficient (Wildman–Crippen LogP) is 2.91. The molecule has 0 aliphatic rings. The SMILES string of the molecule is CCc1ncc(C)c(C)c1Cl. The van der Waals surface area contributed by atoms with Crippen LogP contribution in [-0.4, -0.2) is 4.98 Å². The van der Waals surface area contributed by atoms with Crippen LogP contribution in [0.5, 0.6) is 0 Å². The molecule has 0 aromatic carbocycles. The molecule has 0 saturated heterocycles. The molecule has 1 nitrogen and oxygen atoms in total. The Balaban J connectivity index is 3.25. The highest BCUT2D eigenvalue weighted by Crippen LogP contribution is 2.21. The van der Waals surface area contributed by atoms with E-state index < -0.39 is 0 Å². The summed E-state index contributed by atoms with van der Waals surface area (Å²) < 4.78 is 0. The van der Waals surface area contributed by atoms with Crippen LogP contribution < -0.4 is 0 Å². The van der Waals surface area contributed by atoms with Gasteiger partial charge in [0.15, 0.2) is 0 Å². The van der Waals surface area contributed by atoms with Crippen LogP contribution in [0.4, 0.5) is 0 Å². The second-order valence-electron chi connectivity index (χ2n) is 2.68. The van der Waals surface area contributed by atoms with E-state index in [-0.39, 0.29) is 0 Å². The van der Waals surface area contributed by atoms with E-state index in [1.807, 2.05) is 20.0 Å². The zero-order chi connectivity index (χ0) is 8.43. The molecule has 2 heteroatoms. The number of aromatic nitrogens is 1. The van der Waals surface area contributed by atoms with Crippen molar-refractivity contribution in [2.45, 2.75) is 27.2 Å². The summed E-state index contributed by atoms with van der Waals surface area (Å²) in [6.07, 6.45) is 2.78. The maximum Gasteiger partial charge on any atom is 0.0653 e. The standard InChI is InChI=1S/C9H12ClN/c1-4-8-9(10)7(3)6(2)5-11-8/h5H,4H2,1-3H3. The summed E-state index contributed by atoms with van der Waals surface area (Å²) in [7, 11) is 0. The van der Waals surface area contributed by atoms with Crippen molar-refractivity contribution in [3.8, 4) is 0 Å². The van der Waals surface area contributed by atoms with E-state index in [1.165, 1.54) is 0 Å². The lowest BCUT2D eigenvalue weighted by Crippen LogP contribution is -1.93. The normalized spacial score (nSPS) is 10.2. The highest BCUT2D eigenvalue weighted by atomic mass is 35.5. The fourth-order valence-corrected chi connectivity index (χ4v) is 1.30. The van der Waals surface area contributed by atoms with Gasteiger partial charge in [-0.1, -0.05) is 18.5 Å². The van der Waals surface area contributed by atoms with Gasteiger partial charge in [0.2, 0.25) is 0 Å². The minimum absolute atomic E-state index is 0.826. The second kappa shape index (κ2) is 3.22. The van der Waals surface area contributed by atoms with Crippen molar-refractivity contribution in [3.05, 3.63) is 28.0 Å². The van der Waals surface area contributed by atoms with Crippen molar-refractivity contribution < 1.29 is 0 Å². The van der Waals surface area contributed by atoms with E-state index in [4.69, 9.17) is 11.6 Å². The molecule has 0 aliphatic carbocycles. The van der Waals surface area contributed by atoms with Gasteiger partial charge in [-0.05, 0) is 31.4 Å². The molecule has 1 aromatic rings. The summed E-state index contributed by atoms with van der Waals surface area (Å²) in [5.74, 6) is 0. The lowest BCUT2D eigenvalue weighted by molar-refractivity contribution is 1.02. The van der Waals surface area contributed by atoms with E-state index in [0.717, 1.165) is 28.3 Å². The molecule has 1 aromatic heterocycles. The minimum atomic E-state index is 0.826. The summed E-state index contributed by atoms with van der Waals surface area (Å²) in [5.41, 5.74) is 3.31. The second-order valence-corrected chi connectivity index (χ2v) is 3.06. The Bertz CT molecular complexity index is 269. The molecule has 0 fully saturated rings. The van der Waals surface area contributed by atoms with E-state index in [9.17, 15) is 0 Å². The van der Waals surface area contributed by atoms with Crippen LogP contribution in [-0.2, 0) is 6.42 Å². The van der Waals surface area contributed by atoms with Gasteiger partial charge in [0, 0.05) is 6.20 Å². The van der Waals surface area contributed by atoms with Crippen molar-refractivity contribution in [1.82, 2.24) is 4.98 Å². The first-order valence-electron chi connectivity index (χ1n) is 3.77. The monoisotopic (exact) mass is 169 g/mol. The number of aryl methyl sites for hydroxylation is 2. The van der Waals surface area contributed by atoms with Gasteiger partial charge in [0.25, 0.3) is 0 Å². The van der Waals surface area contributed by atoms with Crippen molar-refractivity contribution in [2.24, 2.45) is 0 Å². The maximum atomic E-state index is 6.04. The Morgan fingerprint density at radius 1 is 1.45 bits per heavy atom. The molecule has 0 atom stereocenters. The molecule has 0 radical (unpaired) electrons. The molecule has 1 heterocycles. The van der Waals surface area contributed by atoms with Crippen LogP contribution in [0, 0.1) is 13.8 Å². The first kappa shape index (κ1) is 8.54. The molecule has 0 unspecified atom stereocenters. The van der Waals surface area contributed by atoms with Gasteiger partial charge in [-0.25, -0.2) is 0 Å². The van der Waals surface area contributed by atoms with E-state index in [1.54, 1.807) is 0 Å². The number of rotatable bonds is 1. The van der Waals surface area contributed by atoms with Crippen molar-refractivity contribution in [2.75, 3.05) is 0 Å². The highest BCUT2D eigenvalue weighted by Gasteiger charge is 2.04. The summed E-state index contributed by atoms with van der Waals surface area (Å²) in [6.45, 7) is 6.11. The van der Waals surface area contributed by atoms with Crippen molar-refractivity contribution in [3.63, 3.8) is 0 Å². The largest absolute Gasteiger partial charge is 0.259 e. The Labute approximate surface area is 72.4 Å². The van der Waals surface area contributed by atoms with Gasteiger partial charge in [-0.15, -0.1) is 0 Å². The summed E-state index contributed by atoms with van der Waals surface area (Å²) in [6, 6.07) is 0. The van der Waals surface area contributed by atoms with Crippen LogP contribution in [0.1, 0.15) is 23.7 Å². The Hall–Kier alpha value is -0.560. The van der Waals surface area contributed by atoms with Crippen molar-refractivity contribution >= 4 is 11.6 Å². The number of halogens is 1. The van der Waals surface area contributed by atoms with Crippen LogP contribution in [0.2, 0.25) is 5.02 Å². The molecule has 0 N–H and O–H groups in total. The van der Waals surface area contributed by atoms with Crippen LogP contribution in [0.25, 0.3) is 0 Å². The highest BCUT2D eigenvalue weighted by molar-refractivity contribution is 6.32. The fourth-order valence-electron chi connectivity index (χ4n) is 0.964. The molecule has 11 heavy (non-hydrogen) atoms. The van der Waals surface area contributed by atoms with Gasteiger partial charge < -0.3 is 0 Å². The van der Waals surface area contributed by atoms with Gasteiger partial charge in [0.1, 0.15) is 0 Å². The van der Waals surface area contributed by atoms with Gasteiger partial charge in [-0.2, -0.15) is 0 Å². The molecule has 0 amide bonds. The Morgan fingerprint density at radius 2 is 2.09 bits per heavy atom. The molecule has 0 spiro atoms. The van der Waals surface area contributed by atoms with Gasteiger partial charge in [-0.3, -0.25) is 4.98 Å². The topological polar surface area (TPSA) is 12.9 Å². The maximum absolute atomic E-state index is 6.04. The van der Waals surface area contributed by atoms with E-state index >= 15 is 0 Å². The lowest BCUT2D eigenvalue weighted by Gasteiger charge is -2.05. The smallest absolute Gasteiger partial charge is 0.0653 e.